The van der Waals surface area contributed by atoms with Crippen molar-refractivity contribution in [3.05, 3.63) is 0 Å². The monoisotopic (exact) mass is 304 g/mol. The van der Waals surface area contributed by atoms with Crippen LogP contribution in [0, 0.1) is 0 Å². The molecule has 0 heterocycles. The third-order valence-electron chi connectivity index (χ3n) is 0.247. The predicted molar refractivity (Wildman–Crippen MR) is 27.7 cm³/mol. The Morgan fingerprint density at radius 1 is 1.38 bits per heavy atom. The van der Waals surface area contributed by atoms with Gasteiger partial charge >= 0.3 is 4.83 Å². The van der Waals surface area contributed by atoms with Crippen LogP contribution in [-0.4, -0.2) is 9.91 Å². The molecule has 0 fully saturated rings. The molecule has 0 bridgehead atoms. The molecule has 8 heavy (non-hydrogen) atoms. The Morgan fingerprint density at radius 3 is 1.50 bits per heavy atom. The number of alkyl halides is 5. The molecule has 0 amide bonds. The fourth-order valence-corrected chi connectivity index (χ4v) is 0. The zero-order chi connectivity index (χ0) is 6.08. The van der Waals surface area contributed by atoms with Crippen LogP contribution >= 0.6 is 31.9 Å². The van der Waals surface area contributed by atoms with Gasteiger partial charge in [0.15, 0.2) is 0 Å². The van der Waals surface area contributed by atoms with Crippen LogP contribution < -0.4 is 0 Å². The van der Waals surface area contributed by atoms with E-state index in [-0.39, 0.29) is 19.5 Å². The van der Waals surface area contributed by atoms with Crippen LogP contribution in [-0.2, 0) is 19.5 Å². The van der Waals surface area contributed by atoms with Crippen molar-refractivity contribution in [2.45, 2.75) is 9.91 Å². The van der Waals surface area contributed by atoms with Crippen LogP contribution in [0.25, 0.3) is 0 Å². The van der Waals surface area contributed by atoms with E-state index in [1.165, 1.54) is 0 Å². The second-order valence-corrected chi connectivity index (χ2v) is 2.70. The summed E-state index contributed by atoms with van der Waals surface area (Å²) in [5, 5.41) is -2.31. The fraction of sp³-hybridized carbons (Fsp3) is 1.00. The molecule has 0 aromatic heterocycles. The van der Waals surface area contributed by atoms with Crippen molar-refractivity contribution in [2.24, 2.45) is 0 Å². The van der Waals surface area contributed by atoms with Gasteiger partial charge in [0.2, 0.25) is 5.08 Å². The molecule has 0 aromatic carbocycles. The Balaban J connectivity index is 0. The third-order valence-corrected chi connectivity index (χ3v) is 1.84. The molecule has 46 valence electrons. The van der Waals surface area contributed by atoms with Gasteiger partial charge in [0.1, 0.15) is 0 Å². The summed E-state index contributed by atoms with van der Waals surface area (Å²) in [6, 6.07) is 0. The molecule has 0 aliphatic heterocycles. The van der Waals surface area contributed by atoms with Gasteiger partial charge in [-0.1, -0.05) is 0 Å². The number of halogens is 5. The van der Waals surface area contributed by atoms with E-state index >= 15 is 0 Å². The van der Waals surface area contributed by atoms with Crippen molar-refractivity contribution in [3.8, 4) is 0 Å². The Bertz CT molecular complexity index is 60.8. The quantitative estimate of drug-likeness (QED) is 0.516. The molecule has 0 N–H and O–H groups in total. The Hall–Kier alpha value is 1.37. The summed E-state index contributed by atoms with van der Waals surface area (Å²) in [7, 11) is 0. The molecule has 0 aliphatic rings. The smallest absolute Gasteiger partial charge is 0.227 e. The van der Waals surface area contributed by atoms with Crippen LogP contribution in [0.3, 0.4) is 0 Å². The van der Waals surface area contributed by atoms with Crippen molar-refractivity contribution in [2.75, 3.05) is 0 Å². The van der Waals surface area contributed by atoms with Gasteiger partial charge in [-0.15, -0.1) is 0 Å². The summed E-state index contributed by atoms with van der Waals surface area (Å²) < 4.78 is 34.0. The van der Waals surface area contributed by atoms with Crippen molar-refractivity contribution in [1.82, 2.24) is 0 Å². The average Bonchev–Trinajstić information content (AvgIpc) is 1.31. The molecule has 0 aromatic rings. The topological polar surface area (TPSA) is 0 Å². The second kappa shape index (κ2) is 4.23. The SMILES string of the molecule is FC(Br)C(F)(F)Br.[Zn]. The van der Waals surface area contributed by atoms with Crippen LogP contribution in [0.1, 0.15) is 0 Å². The van der Waals surface area contributed by atoms with Gasteiger partial charge in [-0.25, -0.2) is 4.39 Å². The summed E-state index contributed by atoms with van der Waals surface area (Å²) in [6.45, 7) is 0. The molecule has 0 spiro atoms. The number of hydrogen-bond acceptors (Lipinski definition) is 0. The van der Waals surface area contributed by atoms with E-state index in [0.717, 1.165) is 0 Å². The minimum absolute atomic E-state index is 0. The van der Waals surface area contributed by atoms with Gasteiger partial charge in [0.05, 0.1) is 0 Å². The third kappa shape index (κ3) is 5.51. The molecule has 0 nitrogen and oxygen atoms in total. The van der Waals surface area contributed by atoms with Gasteiger partial charge in [-0.3, -0.25) is 0 Å². The van der Waals surface area contributed by atoms with E-state index in [0.29, 0.717) is 0 Å². The Morgan fingerprint density at radius 2 is 1.50 bits per heavy atom. The molecule has 0 saturated carbocycles. The van der Waals surface area contributed by atoms with Gasteiger partial charge in [0, 0.05) is 19.5 Å². The molecular weight excluding hydrogens is 306 g/mol. The molecule has 0 aliphatic carbocycles. The summed E-state index contributed by atoms with van der Waals surface area (Å²) >= 11 is 3.82. The first kappa shape index (κ1) is 12.1. The maximum atomic E-state index is 11.3. The molecule has 0 rings (SSSR count). The summed E-state index contributed by atoms with van der Waals surface area (Å²) in [6.07, 6.45) is 0. The summed E-state index contributed by atoms with van der Waals surface area (Å²) in [5.41, 5.74) is 0. The fourth-order valence-electron chi connectivity index (χ4n) is 0. The summed E-state index contributed by atoms with van der Waals surface area (Å²) in [5.74, 6) is 0. The molecule has 0 radical (unpaired) electrons. The molecule has 0 saturated heterocycles. The van der Waals surface area contributed by atoms with Gasteiger partial charge in [-0.2, -0.15) is 8.78 Å². The number of hydrogen-bond donors (Lipinski definition) is 0. The Kier molecular flexibility index (Phi) is 6.39. The summed E-state index contributed by atoms with van der Waals surface area (Å²) in [4.78, 5) is -3.44. The standard InChI is InChI=1S/C2HBr2F3.Zn/c3-1(5)2(4,6)7;/h1H;. The van der Waals surface area contributed by atoms with Crippen molar-refractivity contribution < 1.29 is 32.6 Å². The zero-order valence-electron chi connectivity index (χ0n) is 3.67. The first-order valence-electron chi connectivity index (χ1n) is 1.29. The predicted octanol–water partition coefficient (Wildman–Crippen LogP) is 2.66. The maximum absolute atomic E-state index is 11.3. The van der Waals surface area contributed by atoms with E-state index in [9.17, 15) is 13.2 Å². The molecule has 6 heteroatoms. The van der Waals surface area contributed by atoms with Crippen molar-refractivity contribution in [3.63, 3.8) is 0 Å². The first-order chi connectivity index (χ1) is 2.94. The van der Waals surface area contributed by atoms with Gasteiger partial charge < -0.3 is 0 Å². The zero-order valence-corrected chi connectivity index (χ0v) is 9.81. The molecular formula is C2HBr2F3Zn. The average molecular weight is 307 g/mol. The normalized spacial score (nSPS) is 14.6. The van der Waals surface area contributed by atoms with Gasteiger partial charge in [-0.05, 0) is 31.9 Å². The van der Waals surface area contributed by atoms with E-state index < -0.39 is 9.91 Å². The van der Waals surface area contributed by atoms with Crippen molar-refractivity contribution >= 4 is 31.9 Å². The first-order valence-corrected chi connectivity index (χ1v) is 3.00. The minimum Gasteiger partial charge on any atom is -0.227 e. The largest absolute Gasteiger partial charge is 0.341 e. The van der Waals surface area contributed by atoms with Crippen LogP contribution in [0.5, 0.6) is 0 Å². The van der Waals surface area contributed by atoms with Gasteiger partial charge in [0.25, 0.3) is 0 Å². The van der Waals surface area contributed by atoms with E-state index in [2.05, 4.69) is 0 Å². The molecule has 1 unspecified atom stereocenters. The van der Waals surface area contributed by atoms with E-state index in [4.69, 9.17) is 0 Å². The second-order valence-electron chi connectivity index (χ2n) is 0.842. The van der Waals surface area contributed by atoms with E-state index in [1.54, 1.807) is 15.9 Å². The molecule has 1 atom stereocenters. The number of rotatable bonds is 1. The minimum atomic E-state index is -3.44. The van der Waals surface area contributed by atoms with Crippen LogP contribution in [0.4, 0.5) is 13.2 Å². The van der Waals surface area contributed by atoms with Crippen LogP contribution in [0.15, 0.2) is 0 Å². The maximum Gasteiger partial charge on any atom is 0.341 e. The van der Waals surface area contributed by atoms with E-state index in [1.807, 2.05) is 15.9 Å². The van der Waals surface area contributed by atoms with Crippen molar-refractivity contribution in [1.29, 1.82) is 0 Å². The van der Waals surface area contributed by atoms with Crippen LogP contribution in [0.2, 0.25) is 0 Å². The Labute approximate surface area is 74.2 Å².